The molecule has 1 unspecified atom stereocenters. The third-order valence-corrected chi connectivity index (χ3v) is 4.35. The molecule has 1 aliphatic heterocycles. The van der Waals surface area contributed by atoms with E-state index in [1.807, 2.05) is 4.90 Å². The average Bonchev–Trinajstić information content (AvgIpc) is 2.49. The number of benzene rings is 1. The molecule has 122 valence electrons. The van der Waals surface area contributed by atoms with E-state index < -0.39 is 0 Å². The van der Waals surface area contributed by atoms with Crippen molar-refractivity contribution in [2.24, 2.45) is 5.73 Å². The number of hydrogen-bond donors (Lipinski definition) is 1. The van der Waals surface area contributed by atoms with Crippen LogP contribution in [-0.2, 0) is 4.79 Å². The summed E-state index contributed by atoms with van der Waals surface area (Å²) in [5.41, 5.74) is 6.70. The van der Waals surface area contributed by atoms with Crippen molar-refractivity contribution in [3.05, 3.63) is 35.6 Å². The Balaban J connectivity index is 2.03. The summed E-state index contributed by atoms with van der Waals surface area (Å²) < 4.78 is 13.0. The largest absolute Gasteiger partial charge is 0.340 e. The number of rotatable bonds is 3. The van der Waals surface area contributed by atoms with Gasteiger partial charge in [-0.1, -0.05) is 12.1 Å². The van der Waals surface area contributed by atoms with Crippen molar-refractivity contribution >= 4 is 5.91 Å². The van der Waals surface area contributed by atoms with Crippen LogP contribution in [0.3, 0.4) is 0 Å². The monoisotopic (exact) mass is 307 g/mol. The van der Waals surface area contributed by atoms with E-state index in [1.54, 1.807) is 12.1 Å². The van der Waals surface area contributed by atoms with Crippen molar-refractivity contribution in [2.75, 3.05) is 32.7 Å². The van der Waals surface area contributed by atoms with Gasteiger partial charge in [0.1, 0.15) is 5.82 Å². The summed E-state index contributed by atoms with van der Waals surface area (Å²) >= 11 is 0. The van der Waals surface area contributed by atoms with E-state index in [1.165, 1.54) is 12.1 Å². The molecule has 1 atom stereocenters. The zero-order valence-corrected chi connectivity index (χ0v) is 13.7. The number of carbonyl (C=O) groups is 1. The van der Waals surface area contributed by atoms with Crippen LogP contribution in [0.5, 0.6) is 0 Å². The molecule has 2 N–H and O–H groups in total. The van der Waals surface area contributed by atoms with E-state index in [2.05, 4.69) is 25.7 Å². The summed E-state index contributed by atoms with van der Waals surface area (Å²) in [6.07, 6.45) is 0. The molecule has 1 heterocycles. The Hall–Kier alpha value is -1.46. The highest BCUT2D eigenvalue weighted by atomic mass is 19.1. The fourth-order valence-corrected chi connectivity index (χ4v) is 2.89. The van der Waals surface area contributed by atoms with Crippen LogP contribution in [0.25, 0.3) is 0 Å². The fraction of sp³-hybridized carbons (Fsp3) is 0.588. The minimum Gasteiger partial charge on any atom is -0.340 e. The molecule has 1 amide bonds. The highest BCUT2D eigenvalue weighted by molar-refractivity contribution is 5.84. The van der Waals surface area contributed by atoms with Crippen LogP contribution in [0.2, 0.25) is 0 Å². The SMILES string of the molecule is CC(C)(C)N1CCN(C(=O)C(CN)c2ccc(F)cc2)CC1. The molecule has 0 radical (unpaired) electrons. The number of nitrogens with zero attached hydrogens (tertiary/aromatic N) is 2. The molecule has 0 bridgehead atoms. The van der Waals surface area contributed by atoms with Crippen LogP contribution in [0, 0.1) is 5.82 Å². The number of carbonyl (C=O) groups excluding carboxylic acids is 1. The molecule has 0 saturated carbocycles. The van der Waals surface area contributed by atoms with Gasteiger partial charge in [0.25, 0.3) is 0 Å². The molecule has 1 saturated heterocycles. The van der Waals surface area contributed by atoms with Crippen LogP contribution in [0.1, 0.15) is 32.3 Å². The zero-order valence-electron chi connectivity index (χ0n) is 13.7. The molecule has 0 spiro atoms. The lowest BCUT2D eigenvalue weighted by atomic mass is 9.97. The van der Waals surface area contributed by atoms with Gasteiger partial charge in [0.05, 0.1) is 5.92 Å². The predicted octanol–water partition coefficient (Wildman–Crippen LogP) is 1.81. The maximum Gasteiger partial charge on any atom is 0.231 e. The standard InChI is InChI=1S/C17H26FN3O/c1-17(2,3)21-10-8-20(9-11-21)16(22)15(12-19)13-4-6-14(18)7-5-13/h4-7,15H,8-12,19H2,1-3H3. The maximum atomic E-state index is 13.0. The Morgan fingerprint density at radius 1 is 1.18 bits per heavy atom. The molecule has 4 nitrogen and oxygen atoms in total. The van der Waals surface area contributed by atoms with Gasteiger partial charge in [0, 0.05) is 38.3 Å². The first-order chi connectivity index (χ1) is 10.3. The molecular formula is C17H26FN3O. The summed E-state index contributed by atoms with van der Waals surface area (Å²) in [6.45, 7) is 9.97. The minimum atomic E-state index is -0.387. The fourth-order valence-electron chi connectivity index (χ4n) is 2.89. The van der Waals surface area contributed by atoms with Crippen LogP contribution < -0.4 is 5.73 Å². The molecule has 2 rings (SSSR count). The molecule has 1 aromatic carbocycles. The Morgan fingerprint density at radius 3 is 2.18 bits per heavy atom. The third kappa shape index (κ3) is 3.84. The number of piperazine rings is 1. The summed E-state index contributed by atoms with van der Waals surface area (Å²) in [5, 5.41) is 0. The summed E-state index contributed by atoms with van der Waals surface area (Å²) in [6, 6.07) is 6.05. The molecule has 0 aromatic heterocycles. The lowest BCUT2D eigenvalue weighted by Crippen LogP contribution is -2.55. The van der Waals surface area contributed by atoms with E-state index in [4.69, 9.17) is 5.73 Å². The molecule has 1 aliphatic rings. The van der Waals surface area contributed by atoms with Crippen molar-refractivity contribution in [3.8, 4) is 0 Å². The molecule has 0 aliphatic carbocycles. The first-order valence-corrected chi connectivity index (χ1v) is 7.82. The second-order valence-corrected chi connectivity index (χ2v) is 6.82. The summed E-state index contributed by atoms with van der Waals surface area (Å²) in [5.74, 6) is -0.643. The second kappa shape index (κ2) is 6.75. The summed E-state index contributed by atoms with van der Waals surface area (Å²) in [7, 11) is 0. The lowest BCUT2D eigenvalue weighted by Gasteiger charge is -2.43. The normalized spacial score (nSPS) is 18.3. The average molecular weight is 307 g/mol. The van der Waals surface area contributed by atoms with E-state index >= 15 is 0 Å². The predicted molar refractivity (Wildman–Crippen MR) is 86.1 cm³/mol. The van der Waals surface area contributed by atoms with Crippen molar-refractivity contribution in [1.82, 2.24) is 9.80 Å². The Morgan fingerprint density at radius 2 is 1.73 bits per heavy atom. The lowest BCUT2D eigenvalue weighted by molar-refractivity contribution is -0.135. The van der Waals surface area contributed by atoms with Gasteiger partial charge in [-0.05, 0) is 38.5 Å². The molecule has 5 heteroatoms. The van der Waals surface area contributed by atoms with E-state index in [9.17, 15) is 9.18 Å². The van der Waals surface area contributed by atoms with Gasteiger partial charge in [-0.3, -0.25) is 9.69 Å². The Bertz CT molecular complexity index is 502. The number of nitrogens with two attached hydrogens (primary N) is 1. The van der Waals surface area contributed by atoms with E-state index in [0.29, 0.717) is 13.1 Å². The minimum absolute atomic E-state index is 0.0441. The van der Waals surface area contributed by atoms with Gasteiger partial charge < -0.3 is 10.6 Å². The number of amides is 1. The Labute approximate surface area is 132 Å². The highest BCUT2D eigenvalue weighted by Gasteiger charge is 2.31. The third-order valence-electron chi connectivity index (χ3n) is 4.35. The maximum absolute atomic E-state index is 13.0. The molecule has 1 fully saturated rings. The van der Waals surface area contributed by atoms with Crippen LogP contribution >= 0.6 is 0 Å². The van der Waals surface area contributed by atoms with Gasteiger partial charge >= 0.3 is 0 Å². The topological polar surface area (TPSA) is 49.6 Å². The Kier molecular flexibility index (Phi) is 5.19. The van der Waals surface area contributed by atoms with Gasteiger partial charge in [0.2, 0.25) is 5.91 Å². The van der Waals surface area contributed by atoms with Gasteiger partial charge in [-0.2, -0.15) is 0 Å². The van der Waals surface area contributed by atoms with Crippen LogP contribution in [0.15, 0.2) is 24.3 Å². The van der Waals surface area contributed by atoms with E-state index in [-0.39, 0.29) is 29.7 Å². The highest BCUT2D eigenvalue weighted by Crippen LogP contribution is 2.21. The number of hydrogen-bond acceptors (Lipinski definition) is 3. The van der Waals surface area contributed by atoms with Crippen LogP contribution in [-0.4, -0.2) is 54.0 Å². The van der Waals surface area contributed by atoms with Gasteiger partial charge in [0.15, 0.2) is 0 Å². The first-order valence-electron chi connectivity index (χ1n) is 7.82. The first kappa shape index (κ1) is 16.9. The van der Waals surface area contributed by atoms with Crippen molar-refractivity contribution in [3.63, 3.8) is 0 Å². The second-order valence-electron chi connectivity index (χ2n) is 6.82. The van der Waals surface area contributed by atoms with Gasteiger partial charge in [-0.25, -0.2) is 4.39 Å². The molecule has 22 heavy (non-hydrogen) atoms. The molecular weight excluding hydrogens is 281 g/mol. The summed E-state index contributed by atoms with van der Waals surface area (Å²) in [4.78, 5) is 17.0. The van der Waals surface area contributed by atoms with Crippen LogP contribution in [0.4, 0.5) is 4.39 Å². The van der Waals surface area contributed by atoms with E-state index in [0.717, 1.165) is 18.7 Å². The van der Waals surface area contributed by atoms with Crippen molar-refractivity contribution in [2.45, 2.75) is 32.2 Å². The van der Waals surface area contributed by atoms with Crippen molar-refractivity contribution in [1.29, 1.82) is 0 Å². The smallest absolute Gasteiger partial charge is 0.231 e. The van der Waals surface area contributed by atoms with Crippen molar-refractivity contribution < 1.29 is 9.18 Å². The number of halogens is 1. The van der Waals surface area contributed by atoms with Gasteiger partial charge in [-0.15, -0.1) is 0 Å². The quantitative estimate of drug-likeness (QED) is 0.926. The molecule has 1 aromatic rings. The zero-order chi connectivity index (χ0) is 16.3.